The minimum absolute atomic E-state index is 0.140. The first kappa shape index (κ1) is 11.9. The molecule has 0 fully saturated rings. The quantitative estimate of drug-likeness (QED) is 0.794. The number of ether oxygens (including phenoxy) is 1. The highest BCUT2D eigenvalue weighted by molar-refractivity contribution is 6.30. The number of rotatable bonds is 2. The van der Waals surface area contributed by atoms with Crippen molar-refractivity contribution < 1.29 is 19.0 Å². The van der Waals surface area contributed by atoms with Gasteiger partial charge in [-0.15, -0.1) is 0 Å². The van der Waals surface area contributed by atoms with E-state index in [2.05, 4.69) is 4.74 Å². The first-order valence-corrected chi connectivity index (χ1v) is 4.56. The second kappa shape index (κ2) is 4.59. The standard InChI is InChI=1S/C10H10ClFO3/c1-5-3-8(12)7(11)4-6(5)9(13)10(14)15-2/h3-4,9,13H,1-2H3. The maximum atomic E-state index is 13.0. The van der Waals surface area contributed by atoms with Crippen LogP contribution in [0.5, 0.6) is 0 Å². The van der Waals surface area contributed by atoms with Crippen molar-refractivity contribution in [1.29, 1.82) is 0 Å². The molecule has 0 aliphatic carbocycles. The first-order chi connectivity index (χ1) is 6.97. The summed E-state index contributed by atoms with van der Waals surface area (Å²) in [6.45, 7) is 1.57. The fraction of sp³-hybridized carbons (Fsp3) is 0.300. The summed E-state index contributed by atoms with van der Waals surface area (Å²) in [6.07, 6.45) is -1.44. The summed E-state index contributed by atoms with van der Waals surface area (Å²) in [4.78, 5) is 11.1. The number of halogens is 2. The predicted molar refractivity (Wildman–Crippen MR) is 53.1 cm³/mol. The van der Waals surface area contributed by atoms with Gasteiger partial charge >= 0.3 is 5.97 Å². The lowest BCUT2D eigenvalue weighted by Crippen LogP contribution is -2.14. The average molecular weight is 233 g/mol. The van der Waals surface area contributed by atoms with Gasteiger partial charge in [0.1, 0.15) is 5.82 Å². The Labute approximate surface area is 91.4 Å². The third-order valence-corrected chi connectivity index (χ3v) is 2.32. The fourth-order valence-electron chi connectivity index (χ4n) is 1.19. The van der Waals surface area contributed by atoms with Crippen LogP contribution in [0.3, 0.4) is 0 Å². The van der Waals surface area contributed by atoms with Crippen LogP contribution in [0.2, 0.25) is 5.02 Å². The molecule has 1 atom stereocenters. The summed E-state index contributed by atoms with van der Waals surface area (Å²) in [6, 6.07) is 2.37. The molecule has 0 radical (unpaired) electrons. The summed E-state index contributed by atoms with van der Waals surface area (Å²) in [7, 11) is 1.16. The number of aryl methyl sites for hydroxylation is 1. The van der Waals surface area contributed by atoms with Crippen LogP contribution in [0, 0.1) is 12.7 Å². The predicted octanol–water partition coefficient (Wildman–Crippen LogP) is 1.99. The number of aliphatic hydroxyl groups is 1. The van der Waals surface area contributed by atoms with E-state index in [1.807, 2.05) is 0 Å². The number of hydrogen-bond acceptors (Lipinski definition) is 3. The highest BCUT2D eigenvalue weighted by atomic mass is 35.5. The Morgan fingerprint density at radius 3 is 2.73 bits per heavy atom. The third-order valence-electron chi connectivity index (χ3n) is 2.03. The monoisotopic (exact) mass is 232 g/mol. The molecule has 1 N–H and O–H groups in total. The smallest absolute Gasteiger partial charge is 0.339 e. The van der Waals surface area contributed by atoms with Crippen LogP contribution in [0.15, 0.2) is 12.1 Å². The number of aliphatic hydroxyl groups excluding tert-OH is 1. The van der Waals surface area contributed by atoms with Gasteiger partial charge in [-0.25, -0.2) is 9.18 Å². The molecular formula is C10H10ClFO3. The molecule has 1 rings (SSSR count). The van der Waals surface area contributed by atoms with E-state index in [4.69, 9.17) is 11.6 Å². The van der Waals surface area contributed by atoms with Gasteiger partial charge in [0.15, 0.2) is 6.10 Å². The fourth-order valence-corrected chi connectivity index (χ4v) is 1.37. The van der Waals surface area contributed by atoms with E-state index < -0.39 is 17.9 Å². The summed E-state index contributed by atoms with van der Waals surface area (Å²) in [5, 5.41) is 9.39. The van der Waals surface area contributed by atoms with Crippen molar-refractivity contribution in [3.63, 3.8) is 0 Å². The number of methoxy groups -OCH3 is 1. The Bertz CT molecular complexity index is 392. The molecule has 0 heterocycles. The van der Waals surface area contributed by atoms with Crippen LogP contribution in [-0.4, -0.2) is 18.2 Å². The van der Waals surface area contributed by atoms with Crippen molar-refractivity contribution in [2.75, 3.05) is 7.11 Å². The number of carbonyl (C=O) groups excluding carboxylic acids is 1. The molecule has 1 unspecified atom stereocenters. The third kappa shape index (κ3) is 2.46. The summed E-state index contributed by atoms with van der Waals surface area (Å²) < 4.78 is 17.3. The highest BCUT2D eigenvalue weighted by Crippen LogP contribution is 2.25. The number of esters is 1. The number of hydrogen-bond donors (Lipinski definition) is 1. The summed E-state index contributed by atoms with van der Waals surface area (Å²) >= 11 is 5.54. The van der Waals surface area contributed by atoms with E-state index >= 15 is 0 Å². The van der Waals surface area contributed by atoms with Gasteiger partial charge < -0.3 is 9.84 Å². The van der Waals surface area contributed by atoms with Crippen molar-refractivity contribution in [2.24, 2.45) is 0 Å². The van der Waals surface area contributed by atoms with Gasteiger partial charge in [0.05, 0.1) is 12.1 Å². The van der Waals surface area contributed by atoms with E-state index in [9.17, 15) is 14.3 Å². The summed E-state index contributed by atoms with van der Waals surface area (Å²) in [5.41, 5.74) is 0.683. The molecule has 0 aliphatic rings. The van der Waals surface area contributed by atoms with Gasteiger partial charge in [0.25, 0.3) is 0 Å². The highest BCUT2D eigenvalue weighted by Gasteiger charge is 2.21. The van der Waals surface area contributed by atoms with Crippen molar-refractivity contribution in [3.05, 3.63) is 34.1 Å². The van der Waals surface area contributed by atoms with Crippen molar-refractivity contribution in [3.8, 4) is 0 Å². The minimum atomic E-state index is -1.44. The van der Waals surface area contributed by atoms with E-state index in [0.29, 0.717) is 5.56 Å². The van der Waals surface area contributed by atoms with Crippen LogP contribution in [0.4, 0.5) is 4.39 Å². The van der Waals surface area contributed by atoms with Gasteiger partial charge in [0.2, 0.25) is 0 Å². The van der Waals surface area contributed by atoms with Crippen molar-refractivity contribution in [2.45, 2.75) is 13.0 Å². The molecule has 0 aromatic heterocycles. The lowest BCUT2D eigenvalue weighted by atomic mass is 10.0. The van der Waals surface area contributed by atoms with Gasteiger partial charge in [-0.3, -0.25) is 0 Å². The van der Waals surface area contributed by atoms with Crippen LogP contribution in [0.25, 0.3) is 0 Å². The van der Waals surface area contributed by atoms with Gasteiger partial charge in [-0.2, -0.15) is 0 Å². The maximum absolute atomic E-state index is 13.0. The molecule has 15 heavy (non-hydrogen) atoms. The SMILES string of the molecule is COC(=O)C(O)c1cc(Cl)c(F)cc1C. The van der Waals surface area contributed by atoms with E-state index in [1.54, 1.807) is 6.92 Å². The minimum Gasteiger partial charge on any atom is -0.467 e. The Morgan fingerprint density at radius 1 is 1.60 bits per heavy atom. The molecule has 0 amide bonds. The Hall–Kier alpha value is -1.13. The second-order valence-electron chi connectivity index (χ2n) is 3.05. The van der Waals surface area contributed by atoms with E-state index in [0.717, 1.165) is 13.2 Å². The molecule has 1 aromatic rings. The molecule has 0 bridgehead atoms. The van der Waals surface area contributed by atoms with Crippen LogP contribution in [0.1, 0.15) is 17.2 Å². The average Bonchev–Trinajstić information content (AvgIpc) is 2.21. The Balaban J connectivity index is 3.14. The molecule has 0 saturated heterocycles. The zero-order valence-corrected chi connectivity index (χ0v) is 9.01. The molecule has 5 heteroatoms. The van der Waals surface area contributed by atoms with Gasteiger partial charge in [-0.05, 0) is 30.2 Å². The van der Waals surface area contributed by atoms with Gasteiger partial charge in [-0.1, -0.05) is 11.6 Å². The molecule has 1 aromatic carbocycles. The number of benzene rings is 1. The second-order valence-corrected chi connectivity index (χ2v) is 3.46. The normalized spacial score (nSPS) is 12.3. The molecule has 0 spiro atoms. The lowest BCUT2D eigenvalue weighted by Gasteiger charge is -2.12. The Morgan fingerprint density at radius 2 is 2.20 bits per heavy atom. The molecule has 0 aliphatic heterocycles. The topological polar surface area (TPSA) is 46.5 Å². The van der Waals surface area contributed by atoms with Crippen LogP contribution < -0.4 is 0 Å². The maximum Gasteiger partial charge on any atom is 0.339 e. The Kier molecular flexibility index (Phi) is 3.66. The molecule has 0 saturated carbocycles. The zero-order chi connectivity index (χ0) is 11.6. The summed E-state index contributed by atoms with van der Waals surface area (Å²) in [5.74, 6) is -1.39. The molecule has 82 valence electrons. The lowest BCUT2D eigenvalue weighted by molar-refractivity contribution is -0.150. The number of carbonyl (C=O) groups is 1. The first-order valence-electron chi connectivity index (χ1n) is 4.18. The van der Waals surface area contributed by atoms with Crippen molar-refractivity contribution in [1.82, 2.24) is 0 Å². The van der Waals surface area contributed by atoms with E-state index in [1.165, 1.54) is 6.07 Å². The van der Waals surface area contributed by atoms with E-state index in [-0.39, 0.29) is 10.6 Å². The van der Waals surface area contributed by atoms with Gasteiger partial charge in [0, 0.05) is 0 Å². The molecule has 3 nitrogen and oxygen atoms in total. The van der Waals surface area contributed by atoms with Crippen LogP contribution >= 0.6 is 11.6 Å². The van der Waals surface area contributed by atoms with Crippen LogP contribution in [-0.2, 0) is 9.53 Å². The zero-order valence-electron chi connectivity index (χ0n) is 8.25. The molecular weight excluding hydrogens is 223 g/mol. The van der Waals surface area contributed by atoms with Crippen molar-refractivity contribution >= 4 is 17.6 Å². The largest absolute Gasteiger partial charge is 0.467 e.